The van der Waals surface area contributed by atoms with Gasteiger partial charge in [-0.05, 0) is 37.0 Å². The summed E-state index contributed by atoms with van der Waals surface area (Å²) in [6.07, 6.45) is 6.82. The summed E-state index contributed by atoms with van der Waals surface area (Å²) >= 11 is 0. The Bertz CT molecular complexity index is 388. The zero-order valence-corrected chi connectivity index (χ0v) is 12.4. The molecule has 1 aliphatic carbocycles. The molecule has 1 saturated carbocycles. The van der Waals surface area contributed by atoms with Crippen LogP contribution in [0.25, 0.3) is 0 Å². The molecule has 108 valence electrons. The Morgan fingerprint density at radius 1 is 1.42 bits per heavy atom. The Labute approximate surface area is 116 Å². The highest BCUT2D eigenvalue weighted by molar-refractivity contribution is 4.92. The Morgan fingerprint density at radius 3 is 2.89 bits per heavy atom. The minimum absolute atomic E-state index is 0.160. The molecule has 19 heavy (non-hydrogen) atoms. The maximum atomic E-state index is 10.2. The topological polar surface area (TPSA) is 50.9 Å². The van der Waals surface area contributed by atoms with Crippen molar-refractivity contribution >= 4 is 0 Å². The number of aliphatic hydroxyl groups is 1. The molecule has 4 nitrogen and oxygen atoms in total. The van der Waals surface area contributed by atoms with Gasteiger partial charge >= 0.3 is 0 Å². The average Bonchev–Trinajstić information content (AvgIpc) is 2.78. The number of hydrogen-bond donors (Lipinski definition) is 1. The van der Waals surface area contributed by atoms with Crippen molar-refractivity contribution in [2.45, 2.75) is 65.5 Å². The highest BCUT2D eigenvalue weighted by Crippen LogP contribution is 2.33. The quantitative estimate of drug-likeness (QED) is 0.890. The van der Waals surface area contributed by atoms with E-state index in [9.17, 15) is 5.11 Å². The number of aliphatic hydroxyl groups excluding tert-OH is 1. The van der Waals surface area contributed by atoms with Gasteiger partial charge in [0.15, 0.2) is 0 Å². The van der Waals surface area contributed by atoms with Crippen LogP contribution in [0.15, 0.2) is 6.33 Å². The molecule has 0 saturated heterocycles. The zero-order chi connectivity index (χ0) is 13.8. The summed E-state index contributed by atoms with van der Waals surface area (Å²) in [6, 6.07) is 0. The average molecular weight is 265 g/mol. The van der Waals surface area contributed by atoms with E-state index in [1.54, 1.807) is 6.33 Å². The fourth-order valence-corrected chi connectivity index (χ4v) is 3.11. The van der Waals surface area contributed by atoms with E-state index in [0.29, 0.717) is 11.8 Å². The fraction of sp³-hybridized carbons (Fsp3) is 0.867. The molecule has 1 aromatic heterocycles. The molecule has 1 fully saturated rings. The Kier molecular flexibility index (Phi) is 4.97. The predicted molar refractivity (Wildman–Crippen MR) is 75.7 cm³/mol. The van der Waals surface area contributed by atoms with Crippen molar-refractivity contribution in [2.75, 3.05) is 0 Å². The van der Waals surface area contributed by atoms with E-state index in [4.69, 9.17) is 0 Å². The lowest BCUT2D eigenvalue weighted by Crippen LogP contribution is -2.31. The molecule has 0 aromatic carbocycles. The lowest BCUT2D eigenvalue weighted by molar-refractivity contribution is 0.0459. The van der Waals surface area contributed by atoms with Crippen molar-refractivity contribution in [1.29, 1.82) is 0 Å². The van der Waals surface area contributed by atoms with Gasteiger partial charge in [-0.3, -0.25) is 0 Å². The van der Waals surface area contributed by atoms with Crippen LogP contribution >= 0.6 is 0 Å². The van der Waals surface area contributed by atoms with E-state index in [1.165, 1.54) is 12.8 Å². The van der Waals surface area contributed by atoms with Crippen molar-refractivity contribution in [3.05, 3.63) is 12.2 Å². The van der Waals surface area contributed by atoms with Gasteiger partial charge in [0.25, 0.3) is 0 Å². The minimum Gasteiger partial charge on any atom is -0.393 e. The van der Waals surface area contributed by atoms with E-state index >= 15 is 0 Å². The standard InChI is InChI=1S/C15H27N3O/c1-4-12-5-6-14(19)13(7-12)8-15-16-10-17-18(15)9-11(2)3/h10-14,19H,4-9H2,1-3H3. The third kappa shape index (κ3) is 3.78. The molecular formula is C15H27N3O. The van der Waals surface area contributed by atoms with Crippen molar-refractivity contribution in [1.82, 2.24) is 14.8 Å². The van der Waals surface area contributed by atoms with Crippen LogP contribution in [0.3, 0.4) is 0 Å². The number of aromatic nitrogens is 3. The van der Waals surface area contributed by atoms with E-state index in [1.807, 2.05) is 4.68 Å². The van der Waals surface area contributed by atoms with Crippen molar-refractivity contribution in [3.63, 3.8) is 0 Å². The molecular weight excluding hydrogens is 238 g/mol. The molecule has 1 N–H and O–H groups in total. The van der Waals surface area contributed by atoms with E-state index in [2.05, 4.69) is 30.9 Å². The smallest absolute Gasteiger partial charge is 0.138 e. The fourth-order valence-electron chi connectivity index (χ4n) is 3.11. The van der Waals surface area contributed by atoms with Gasteiger partial charge in [0, 0.05) is 13.0 Å². The molecule has 0 amide bonds. The first-order chi connectivity index (χ1) is 9.10. The van der Waals surface area contributed by atoms with Crippen molar-refractivity contribution < 1.29 is 5.11 Å². The molecule has 4 heteroatoms. The molecule has 0 radical (unpaired) electrons. The second kappa shape index (κ2) is 6.51. The third-order valence-electron chi connectivity index (χ3n) is 4.31. The SMILES string of the molecule is CCC1CCC(O)C(Cc2ncnn2CC(C)C)C1. The molecule has 0 aliphatic heterocycles. The first-order valence-corrected chi connectivity index (χ1v) is 7.64. The van der Waals surface area contributed by atoms with Crippen LogP contribution in [0.5, 0.6) is 0 Å². The van der Waals surface area contributed by atoms with Crippen LogP contribution in [0.4, 0.5) is 0 Å². The summed E-state index contributed by atoms with van der Waals surface area (Å²) in [4.78, 5) is 4.39. The molecule has 1 heterocycles. The summed E-state index contributed by atoms with van der Waals surface area (Å²) < 4.78 is 2.01. The van der Waals surface area contributed by atoms with Crippen LogP contribution in [0.2, 0.25) is 0 Å². The predicted octanol–water partition coefficient (Wildman–Crippen LogP) is 2.66. The number of hydrogen-bond acceptors (Lipinski definition) is 3. The first kappa shape index (κ1) is 14.5. The zero-order valence-electron chi connectivity index (χ0n) is 12.4. The van der Waals surface area contributed by atoms with Crippen LogP contribution in [0, 0.1) is 17.8 Å². The number of nitrogens with zero attached hydrogens (tertiary/aromatic N) is 3. The maximum absolute atomic E-state index is 10.2. The van der Waals surface area contributed by atoms with Crippen LogP contribution in [0.1, 0.15) is 52.3 Å². The molecule has 2 rings (SSSR count). The molecule has 1 aliphatic rings. The summed E-state index contributed by atoms with van der Waals surface area (Å²) in [6.45, 7) is 7.54. The van der Waals surface area contributed by atoms with Gasteiger partial charge in [-0.15, -0.1) is 0 Å². The van der Waals surface area contributed by atoms with Gasteiger partial charge in [0.05, 0.1) is 6.10 Å². The summed E-state index contributed by atoms with van der Waals surface area (Å²) in [5.41, 5.74) is 0. The van der Waals surface area contributed by atoms with Gasteiger partial charge in [-0.25, -0.2) is 9.67 Å². The molecule has 1 aromatic rings. The number of rotatable bonds is 5. The van der Waals surface area contributed by atoms with Gasteiger partial charge < -0.3 is 5.11 Å². The van der Waals surface area contributed by atoms with Crippen molar-refractivity contribution in [3.8, 4) is 0 Å². The van der Waals surface area contributed by atoms with E-state index < -0.39 is 0 Å². The van der Waals surface area contributed by atoms with Crippen LogP contribution in [-0.2, 0) is 13.0 Å². The normalized spacial score (nSPS) is 27.9. The monoisotopic (exact) mass is 265 g/mol. The largest absolute Gasteiger partial charge is 0.393 e. The maximum Gasteiger partial charge on any atom is 0.138 e. The Balaban J connectivity index is 2.01. The second-order valence-corrected chi connectivity index (χ2v) is 6.37. The van der Waals surface area contributed by atoms with Gasteiger partial charge in [-0.1, -0.05) is 27.2 Å². The Morgan fingerprint density at radius 2 is 2.21 bits per heavy atom. The van der Waals surface area contributed by atoms with Crippen LogP contribution in [-0.4, -0.2) is 26.0 Å². The van der Waals surface area contributed by atoms with Gasteiger partial charge in [0.1, 0.15) is 12.2 Å². The lowest BCUT2D eigenvalue weighted by Gasteiger charge is -2.32. The first-order valence-electron chi connectivity index (χ1n) is 7.64. The van der Waals surface area contributed by atoms with Crippen molar-refractivity contribution in [2.24, 2.45) is 17.8 Å². The van der Waals surface area contributed by atoms with Crippen LogP contribution < -0.4 is 0 Å². The minimum atomic E-state index is -0.160. The molecule has 0 bridgehead atoms. The Hall–Kier alpha value is -0.900. The highest BCUT2D eigenvalue weighted by Gasteiger charge is 2.29. The molecule has 3 unspecified atom stereocenters. The van der Waals surface area contributed by atoms with Gasteiger partial charge in [0.2, 0.25) is 0 Å². The summed E-state index contributed by atoms with van der Waals surface area (Å²) in [7, 11) is 0. The summed E-state index contributed by atoms with van der Waals surface area (Å²) in [5.74, 6) is 2.73. The second-order valence-electron chi connectivity index (χ2n) is 6.37. The van der Waals surface area contributed by atoms with Gasteiger partial charge in [-0.2, -0.15) is 5.10 Å². The summed E-state index contributed by atoms with van der Waals surface area (Å²) in [5, 5.41) is 14.5. The highest BCUT2D eigenvalue weighted by atomic mass is 16.3. The van der Waals surface area contributed by atoms with E-state index in [0.717, 1.165) is 37.5 Å². The molecule has 3 atom stereocenters. The third-order valence-corrected chi connectivity index (χ3v) is 4.31. The molecule has 0 spiro atoms. The van der Waals surface area contributed by atoms with E-state index in [-0.39, 0.29) is 6.10 Å². The lowest BCUT2D eigenvalue weighted by atomic mass is 9.77.